The monoisotopic (exact) mass is 333 g/mol. The van der Waals surface area contributed by atoms with Crippen molar-refractivity contribution in [2.45, 2.75) is 31.7 Å². The lowest BCUT2D eigenvalue weighted by Gasteiger charge is -2.26. The molecule has 1 aliphatic heterocycles. The highest BCUT2D eigenvalue weighted by Gasteiger charge is 2.19. The summed E-state index contributed by atoms with van der Waals surface area (Å²) in [5.74, 6) is 1.96. The normalized spacial score (nSPS) is 18.7. The van der Waals surface area contributed by atoms with Crippen molar-refractivity contribution in [3.05, 3.63) is 29.8 Å². The van der Waals surface area contributed by atoms with Crippen LogP contribution in [0.4, 0.5) is 10.5 Å². The van der Waals surface area contributed by atoms with Crippen LogP contribution < -0.4 is 10.6 Å². The number of hydrogen-bond acceptors (Lipinski definition) is 3. The van der Waals surface area contributed by atoms with Crippen molar-refractivity contribution in [3.8, 4) is 0 Å². The van der Waals surface area contributed by atoms with Crippen LogP contribution in [0.1, 0.15) is 36.0 Å². The Morgan fingerprint density at radius 2 is 1.70 bits per heavy atom. The predicted molar refractivity (Wildman–Crippen MR) is 94.1 cm³/mol. The molecular formula is C17H23N3O2S. The van der Waals surface area contributed by atoms with E-state index in [4.69, 9.17) is 0 Å². The van der Waals surface area contributed by atoms with Crippen molar-refractivity contribution < 1.29 is 9.59 Å². The highest BCUT2D eigenvalue weighted by molar-refractivity contribution is 7.99. The standard InChI is InChI=1S/C17H23N3O2S/c21-16(18-14-3-1-2-4-14)13-5-7-15(8-6-13)19-17(22)20-9-11-23-12-10-20/h5-8,14H,1-4,9-12H2,(H,18,21)(H,19,22). The van der Waals surface area contributed by atoms with Crippen LogP contribution in [0.3, 0.4) is 0 Å². The van der Waals surface area contributed by atoms with E-state index >= 15 is 0 Å². The van der Waals surface area contributed by atoms with Crippen LogP contribution in [-0.4, -0.2) is 47.5 Å². The van der Waals surface area contributed by atoms with Crippen LogP contribution in [0.2, 0.25) is 0 Å². The molecule has 23 heavy (non-hydrogen) atoms. The second-order valence-electron chi connectivity index (χ2n) is 6.06. The molecule has 0 unspecified atom stereocenters. The zero-order chi connectivity index (χ0) is 16.1. The molecule has 1 saturated carbocycles. The minimum Gasteiger partial charge on any atom is -0.349 e. The first-order chi connectivity index (χ1) is 11.2. The summed E-state index contributed by atoms with van der Waals surface area (Å²) in [6.07, 6.45) is 4.55. The largest absolute Gasteiger partial charge is 0.349 e. The van der Waals surface area contributed by atoms with E-state index in [1.165, 1.54) is 12.8 Å². The number of rotatable bonds is 3. The molecule has 1 heterocycles. The molecule has 0 atom stereocenters. The number of anilines is 1. The molecule has 1 aliphatic carbocycles. The maximum absolute atomic E-state index is 12.2. The Labute approximate surface area is 141 Å². The van der Waals surface area contributed by atoms with Gasteiger partial charge in [-0.3, -0.25) is 4.79 Å². The molecule has 1 aromatic rings. The van der Waals surface area contributed by atoms with Gasteiger partial charge in [-0.25, -0.2) is 4.79 Å². The summed E-state index contributed by atoms with van der Waals surface area (Å²) >= 11 is 1.87. The molecule has 5 nitrogen and oxygen atoms in total. The second-order valence-corrected chi connectivity index (χ2v) is 7.29. The minimum absolute atomic E-state index is 0.0252. The van der Waals surface area contributed by atoms with Gasteiger partial charge in [0.1, 0.15) is 0 Å². The third kappa shape index (κ3) is 4.41. The number of carbonyl (C=O) groups excluding carboxylic acids is 2. The molecule has 6 heteroatoms. The first-order valence-electron chi connectivity index (χ1n) is 8.27. The number of thioether (sulfide) groups is 1. The zero-order valence-electron chi connectivity index (χ0n) is 13.2. The van der Waals surface area contributed by atoms with E-state index in [2.05, 4.69) is 10.6 Å². The van der Waals surface area contributed by atoms with Crippen LogP contribution >= 0.6 is 11.8 Å². The highest BCUT2D eigenvalue weighted by atomic mass is 32.2. The summed E-state index contributed by atoms with van der Waals surface area (Å²) in [5.41, 5.74) is 1.37. The Morgan fingerprint density at radius 1 is 1.04 bits per heavy atom. The number of amides is 3. The average molecular weight is 333 g/mol. The third-order valence-electron chi connectivity index (χ3n) is 4.39. The van der Waals surface area contributed by atoms with Crippen molar-refractivity contribution in [1.82, 2.24) is 10.2 Å². The van der Waals surface area contributed by atoms with Crippen molar-refractivity contribution in [3.63, 3.8) is 0 Å². The van der Waals surface area contributed by atoms with Crippen LogP contribution in [-0.2, 0) is 0 Å². The van der Waals surface area contributed by atoms with Crippen molar-refractivity contribution >= 4 is 29.4 Å². The van der Waals surface area contributed by atoms with E-state index in [0.717, 1.165) is 43.1 Å². The lowest BCUT2D eigenvalue weighted by molar-refractivity contribution is 0.0938. The third-order valence-corrected chi connectivity index (χ3v) is 5.33. The SMILES string of the molecule is O=C(NC1CCCC1)c1ccc(NC(=O)N2CCSCC2)cc1. The van der Waals surface area contributed by atoms with Gasteiger partial charge in [0.15, 0.2) is 0 Å². The molecule has 2 fully saturated rings. The van der Waals surface area contributed by atoms with E-state index in [1.54, 1.807) is 24.3 Å². The molecule has 2 N–H and O–H groups in total. The molecule has 3 rings (SSSR count). The molecular weight excluding hydrogens is 310 g/mol. The smallest absolute Gasteiger partial charge is 0.321 e. The number of nitrogens with one attached hydrogen (secondary N) is 2. The van der Waals surface area contributed by atoms with E-state index in [9.17, 15) is 9.59 Å². The molecule has 0 aromatic heterocycles. The Balaban J connectivity index is 1.53. The highest BCUT2D eigenvalue weighted by Crippen LogP contribution is 2.19. The maximum Gasteiger partial charge on any atom is 0.321 e. The second kappa shape index (κ2) is 7.73. The molecule has 2 aliphatic rings. The summed E-state index contributed by atoms with van der Waals surface area (Å²) < 4.78 is 0. The Hall–Kier alpha value is -1.69. The van der Waals surface area contributed by atoms with Crippen LogP contribution in [0.15, 0.2) is 24.3 Å². The van der Waals surface area contributed by atoms with Gasteiger partial charge in [-0.05, 0) is 37.1 Å². The van der Waals surface area contributed by atoms with E-state index < -0.39 is 0 Å². The lowest BCUT2D eigenvalue weighted by Crippen LogP contribution is -2.40. The topological polar surface area (TPSA) is 61.4 Å². The molecule has 0 radical (unpaired) electrons. The van der Waals surface area contributed by atoms with Gasteiger partial charge in [-0.1, -0.05) is 12.8 Å². The molecule has 124 valence electrons. The summed E-state index contributed by atoms with van der Waals surface area (Å²) in [6, 6.07) is 7.38. The summed E-state index contributed by atoms with van der Waals surface area (Å²) in [6.45, 7) is 1.58. The Kier molecular flexibility index (Phi) is 5.43. The van der Waals surface area contributed by atoms with Gasteiger partial charge in [0, 0.05) is 41.9 Å². The number of nitrogens with zero attached hydrogens (tertiary/aromatic N) is 1. The van der Waals surface area contributed by atoms with E-state index in [-0.39, 0.29) is 11.9 Å². The molecule has 0 spiro atoms. The molecule has 1 saturated heterocycles. The molecule has 1 aromatic carbocycles. The van der Waals surface area contributed by atoms with Gasteiger partial charge in [0.25, 0.3) is 5.91 Å². The van der Waals surface area contributed by atoms with Gasteiger partial charge in [0.2, 0.25) is 0 Å². The predicted octanol–water partition coefficient (Wildman–Crippen LogP) is 2.94. The number of benzene rings is 1. The Morgan fingerprint density at radius 3 is 2.35 bits per heavy atom. The van der Waals surface area contributed by atoms with Crippen molar-refractivity contribution in [1.29, 1.82) is 0 Å². The van der Waals surface area contributed by atoms with Gasteiger partial charge in [-0.2, -0.15) is 11.8 Å². The molecule has 0 bridgehead atoms. The number of hydrogen-bond donors (Lipinski definition) is 2. The zero-order valence-corrected chi connectivity index (χ0v) is 14.0. The number of urea groups is 1. The van der Waals surface area contributed by atoms with Crippen molar-refractivity contribution in [2.75, 3.05) is 29.9 Å². The first-order valence-corrected chi connectivity index (χ1v) is 9.42. The average Bonchev–Trinajstić information content (AvgIpc) is 3.09. The first kappa shape index (κ1) is 16.2. The quantitative estimate of drug-likeness (QED) is 0.894. The summed E-state index contributed by atoms with van der Waals surface area (Å²) in [5, 5.41) is 5.97. The van der Waals surface area contributed by atoms with Crippen LogP contribution in [0, 0.1) is 0 Å². The van der Waals surface area contributed by atoms with E-state index in [1.807, 2.05) is 16.7 Å². The lowest BCUT2D eigenvalue weighted by atomic mass is 10.1. The maximum atomic E-state index is 12.2. The van der Waals surface area contributed by atoms with Gasteiger partial charge in [-0.15, -0.1) is 0 Å². The van der Waals surface area contributed by atoms with Gasteiger partial charge in [0.05, 0.1) is 0 Å². The summed E-state index contributed by atoms with van der Waals surface area (Å²) in [4.78, 5) is 26.1. The fourth-order valence-electron chi connectivity index (χ4n) is 3.01. The molecule has 3 amide bonds. The fourth-order valence-corrected chi connectivity index (χ4v) is 3.92. The van der Waals surface area contributed by atoms with Gasteiger partial charge < -0.3 is 15.5 Å². The van der Waals surface area contributed by atoms with Crippen LogP contribution in [0.25, 0.3) is 0 Å². The minimum atomic E-state index is -0.0616. The van der Waals surface area contributed by atoms with E-state index in [0.29, 0.717) is 11.6 Å². The Bertz CT molecular complexity index is 549. The van der Waals surface area contributed by atoms with Crippen molar-refractivity contribution in [2.24, 2.45) is 0 Å². The summed E-state index contributed by atoms with van der Waals surface area (Å²) in [7, 11) is 0. The van der Waals surface area contributed by atoms with Crippen LogP contribution in [0.5, 0.6) is 0 Å². The van der Waals surface area contributed by atoms with Gasteiger partial charge >= 0.3 is 6.03 Å². The number of carbonyl (C=O) groups is 2. The fraction of sp³-hybridized carbons (Fsp3) is 0.529.